The highest BCUT2D eigenvalue weighted by atomic mass is 32.2. The minimum atomic E-state index is -1.02. The van der Waals surface area contributed by atoms with Crippen molar-refractivity contribution in [3.63, 3.8) is 0 Å². The van der Waals surface area contributed by atoms with Crippen molar-refractivity contribution < 1.29 is 14.7 Å². The van der Waals surface area contributed by atoms with E-state index in [0.717, 1.165) is 16.9 Å². The molecule has 5 heteroatoms. The summed E-state index contributed by atoms with van der Waals surface area (Å²) in [5.41, 5.74) is 3.23. The summed E-state index contributed by atoms with van der Waals surface area (Å²) >= 11 is 1.48. The van der Waals surface area contributed by atoms with Gasteiger partial charge in [0.1, 0.15) is 6.04 Å². The summed E-state index contributed by atoms with van der Waals surface area (Å²) in [5, 5.41) is 11.9. The molecule has 1 atom stereocenters. The lowest BCUT2D eigenvalue weighted by atomic mass is 10.1. The molecule has 2 rings (SSSR count). The van der Waals surface area contributed by atoms with Crippen LogP contribution in [-0.2, 0) is 21.8 Å². The first-order valence-corrected chi connectivity index (χ1v) is 8.89. The standard InChI is InChI=1S/C19H21NO3S/c1-14-6-5-9-16(10-14)12-24-13-18(21)20-17(19(22)23)11-15-7-3-2-4-8-15/h2-10,17H,11-13H2,1H3,(H,20,21)(H,22,23)/t17-/m0/s1. The van der Waals surface area contributed by atoms with Gasteiger partial charge in [0, 0.05) is 12.2 Å². The number of amides is 1. The van der Waals surface area contributed by atoms with Gasteiger partial charge in [-0.25, -0.2) is 4.79 Å². The molecule has 0 saturated heterocycles. The first-order valence-electron chi connectivity index (χ1n) is 7.74. The molecule has 0 aromatic heterocycles. The zero-order chi connectivity index (χ0) is 17.4. The van der Waals surface area contributed by atoms with Crippen molar-refractivity contribution in [2.45, 2.75) is 25.1 Å². The van der Waals surface area contributed by atoms with Crippen LogP contribution in [0, 0.1) is 6.92 Å². The molecule has 4 nitrogen and oxygen atoms in total. The molecular formula is C19H21NO3S. The number of hydrogen-bond donors (Lipinski definition) is 2. The van der Waals surface area contributed by atoms with E-state index in [1.54, 1.807) is 0 Å². The molecule has 126 valence electrons. The average Bonchev–Trinajstić information content (AvgIpc) is 2.55. The van der Waals surface area contributed by atoms with E-state index >= 15 is 0 Å². The molecular weight excluding hydrogens is 322 g/mol. The molecule has 0 aliphatic rings. The molecule has 0 spiro atoms. The summed E-state index contributed by atoms with van der Waals surface area (Å²) in [5.74, 6) is -0.301. The number of rotatable bonds is 8. The Morgan fingerprint density at radius 3 is 2.46 bits per heavy atom. The molecule has 1 amide bonds. The molecule has 2 aromatic carbocycles. The molecule has 0 heterocycles. The van der Waals surface area contributed by atoms with Gasteiger partial charge in [0.2, 0.25) is 5.91 Å². The SMILES string of the molecule is Cc1cccc(CSCC(=O)N[C@@H](Cc2ccccc2)C(=O)O)c1. The number of carboxylic acids is 1. The second-order valence-corrected chi connectivity index (χ2v) is 6.62. The van der Waals surface area contributed by atoms with Gasteiger partial charge in [-0.3, -0.25) is 4.79 Å². The number of hydrogen-bond acceptors (Lipinski definition) is 3. The average molecular weight is 343 g/mol. The van der Waals surface area contributed by atoms with Gasteiger partial charge in [0.05, 0.1) is 5.75 Å². The normalized spacial score (nSPS) is 11.7. The Bertz CT molecular complexity index is 688. The van der Waals surface area contributed by atoms with Crippen molar-refractivity contribution in [1.29, 1.82) is 0 Å². The number of aliphatic carboxylic acids is 1. The second kappa shape index (κ2) is 9.13. The fraction of sp³-hybridized carbons (Fsp3) is 0.263. The number of carbonyl (C=O) groups is 2. The summed E-state index contributed by atoms with van der Waals surface area (Å²) in [6.45, 7) is 2.03. The lowest BCUT2D eigenvalue weighted by molar-refractivity contribution is -0.141. The number of benzene rings is 2. The maximum Gasteiger partial charge on any atom is 0.326 e. The lowest BCUT2D eigenvalue weighted by Gasteiger charge is -2.14. The van der Waals surface area contributed by atoms with Crippen molar-refractivity contribution in [3.8, 4) is 0 Å². The van der Waals surface area contributed by atoms with Gasteiger partial charge in [-0.2, -0.15) is 0 Å². The van der Waals surface area contributed by atoms with Crippen molar-refractivity contribution in [1.82, 2.24) is 5.32 Å². The van der Waals surface area contributed by atoms with Crippen molar-refractivity contribution in [3.05, 3.63) is 71.3 Å². The quantitative estimate of drug-likeness (QED) is 0.773. The van der Waals surface area contributed by atoms with E-state index in [1.165, 1.54) is 17.3 Å². The summed E-state index contributed by atoms with van der Waals surface area (Å²) in [6.07, 6.45) is 0.282. The van der Waals surface area contributed by atoms with Crippen LogP contribution in [0.15, 0.2) is 54.6 Å². The van der Waals surface area contributed by atoms with Crippen LogP contribution >= 0.6 is 11.8 Å². The number of thioether (sulfide) groups is 1. The number of aryl methyl sites for hydroxylation is 1. The van der Waals surface area contributed by atoms with Crippen LogP contribution < -0.4 is 5.32 Å². The van der Waals surface area contributed by atoms with Gasteiger partial charge in [-0.15, -0.1) is 11.8 Å². The zero-order valence-corrected chi connectivity index (χ0v) is 14.4. The highest BCUT2D eigenvalue weighted by molar-refractivity contribution is 7.99. The van der Waals surface area contributed by atoms with Crippen molar-refractivity contribution in [2.24, 2.45) is 0 Å². The first kappa shape index (κ1) is 18.1. The monoisotopic (exact) mass is 343 g/mol. The van der Waals surface area contributed by atoms with Crippen LogP contribution in [0.1, 0.15) is 16.7 Å². The van der Waals surface area contributed by atoms with Gasteiger partial charge in [0.15, 0.2) is 0 Å². The van der Waals surface area contributed by atoms with Gasteiger partial charge >= 0.3 is 5.97 Å². The van der Waals surface area contributed by atoms with Gasteiger partial charge in [-0.1, -0.05) is 60.2 Å². The Morgan fingerprint density at radius 2 is 1.79 bits per heavy atom. The third-order valence-corrected chi connectivity index (χ3v) is 4.50. The minimum Gasteiger partial charge on any atom is -0.480 e. The van der Waals surface area contributed by atoms with Gasteiger partial charge < -0.3 is 10.4 Å². The zero-order valence-electron chi connectivity index (χ0n) is 13.6. The fourth-order valence-electron chi connectivity index (χ4n) is 2.35. The van der Waals surface area contributed by atoms with Crippen molar-refractivity contribution in [2.75, 3.05) is 5.75 Å². The molecule has 0 unspecified atom stereocenters. The fourth-order valence-corrected chi connectivity index (χ4v) is 3.14. The largest absolute Gasteiger partial charge is 0.480 e. The van der Waals surface area contributed by atoms with E-state index in [0.29, 0.717) is 0 Å². The summed E-state index contributed by atoms with van der Waals surface area (Å²) in [6, 6.07) is 16.5. The van der Waals surface area contributed by atoms with Crippen LogP contribution in [0.3, 0.4) is 0 Å². The predicted octanol–water partition coefficient (Wildman–Crippen LogP) is 3.04. The highest BCUT2D eigenvalue weighted by Crippen LogP contribution is 2.13. The van der Waals surface area contributed by atoms with Crippen LogP contribution in [0.25, 0.3) is 0 Å². The number of carbonyl (C=O) groups excluding carboxylic acids is 1. The van der Waals surface area contributed by atoms with Crippen LogP contribution in [0.5, 0.6) is 0 Å². The van der Waals surface area contributed by atoms with Crippen molar-refractivity contribution >= 4 is 23.6 Å². The Labute approximate surface area is 146 Å². The Hall–Kier alpha value is -2.27. The number of nitrogens with one attached hydrogen (secondary N) is 1. The highest BCUT2D eigenvalue weighted by Gasteiger charge is 2.20. The van der Waals surface area contributed by atoms with E-state index in [9.17, 15) is 14.7 Å². The summed E-state index contributed by atoms with van der Waals surface area (Å²) in [4.78, 5) is 23.4. The molecule has 0 aliphatic heterocycles. The second-order valence-electron chi connectivity index (χ2n) is 5.63. The van der Waals surface area contributed by atoms with E-state index in [2.05, 4.69) is 11.4 Å². The van der Waals surface area contributed by atoms with Gasteiger partial charge in [0.25, 0.3) is 0 Å². The van der Waals surface area contributed by atoms with E-state index in [1.807, 2.05) is 55.5 Å². The maximum absolute atomic E-state index is 12.0. The van der Waals surface area contributed by atoms with E-state index < -0.39 is 12.0 Å². The third-order valence-electron chi connectivity index (χ3n) is 3.50. The molecule has 0 bridgehead atoms. The summed E-state index contributed by atoms with van der Waals surface area (Å²) < 4.78 is 0. The first-order chi connectivity index (χ1) is 11.5. The topological polar surface area (TPSA) is 66.4 Å². The molecule has 0 fully saturated rings. The molecule has 0 aliphatic carbocycles. The van der Waals surface area contributed by atoms with Gasteiger partial charge in [-0.05, 0) is 18.1 Å². The lowest BCUT2D eigenvalue weighted by Crippen LogP contribution is -2.43. The summed E-state index contributed by atoms with van der Waals surface area (Å²) in [7, 11) is 0. The molecule has 2 aromatic rings. The van der Waals surface area contributed by atoms with Crippen LogP contribution in [0.2, 0.25) is 0 Å². The molecule has 2 N–H and O–H groups in total. The Kier molecular flexibility index (Phi) is 6.88. The molecule has 0 saturated carbocycles. The maximum atomic E-state index is 12.0. The van der Waals surface area contributed by atoms with Crippen LogP contribution in [0.4, 0.5) is 0 Å². The number of carboxylic acid groups (broad SMARTS) is 1. The third kappa shape index (κ3) is 6.08. The Morgan fingerprint density at radius 1 is 1.08 bits per heavy atom. The van der Waals surface area contributed by atoms with Crippen LogP contribution in [-0.4, -0.2) is 28.8 Å². The molecule has 0 radical (unpaired) electrons. The predicted molar refractivity (Wildman–Crippen MR) is 97.1 cm³/mol. The smallest absolute Gasteiger partial charge is 0.326 e. The minimum absolute atomic E-state index is 0.243. The van der Waals surface area contributed by atoms with E-state index in [-0.39, 0.29) is 18.1 Å². The Balaban J connectivity index is 1.81. The molecule has 24 heavy (non-hydrogen) atoms. The van der Waals surface area contributed by atoms with E-state index in [4.69, 9.17) is 0 Å².